The minimum atomic E-state index is 0.697. The van der Waals surface area contributed by atoms with Gasteiger partial charge in [-0.2, -0.15) is 0 Å². The van der Waals surface area contributed by atoms with Gasteiger partial charge in [0.2, 0.25) is 0 Å². The van der Waals surface area contributed by atoms with Crippen molar-refractivity contribution in [1.29, 1.82) is 0 Å². The summed E-state index contributed by atoms with van der Waals surface area (Å²) in [6.07, 6.45) is 18.3. The van der Waals surface area contributed by atoms with Gasteiger partial charge in [-0.3, -0.25) is 0 Å². The van der Waals surface area contributed by atoms with Crippen LogP contribution in [0.15, 0.2) is 48.1 Å². The number of rotatable bonds is 3. The average molecular weight is 172 g/mol. The van der Waals surface area contributed by atoms with Crippen LogP contribution in [0.4, 0.5) is 0 Å². The molecule has 0 bridgehead atoms. The van der Waals surface area contributed by atoms with Crippen molar-refractivity contribution >= 4 is 0 Å². The van der Waals surface area contributed by atoms with Gasteiger partial charge >= 0.3 is 0 Å². The van der Waals surface area contributed by atoms with Gasteiger partial charge in [-0.1, -0.05) is 48.1 Å². The Balaban J connectivity index is 1.77. The van der Waals surface area contributed by atoms with E-state index < -0.39 is 0 Å². The highest BCUT2D eigenvalue weighted by atomic mass is 14.1. The van der Waals surface area contributed by atoms with Crippen molar-refractivity contribution in [2.24, 2.45) is 11.8 Å². The van der Waals surface area contributed by atoms with Gasteiger partial charge in [-0.05, 0) is 31.6 Å². The minimum Gasteiger partial charge on any atom is -0.0776 e. The second-order valence-corrected chi connectivity index (χ2v) is 3.94. The first-order chi connectivity index (χ1) is 6.34. The first-order valence-electron chi connectivity index (χ1n) is 5.06. The van der Waals surface area contributed by atoms with Gasteiger partial charge in [0.25, 0.3) is 0 Å². The molecule has 0 N–H and O–H groups in total. The lowest BCUT2D eigenvalue weighted by Crippen LogP contribution is -1.95. The molecule has 0 heterocycles. The molecule has 0 aromatic heterocycles. The van der Waals surface area contributed by atoms with Crippen molar-refractivity contribution in [3.05, 3.63) is 48.1 Å². The topological polar surface area (TPSA) is 0 Å². The van der Waals surface area contributed by atoms with E-state index in [1.165, 1.54) is 18.4 Å². The van der Waals surface area contributed by atoms with Crippen LogP contribution in [0.2, 0.25) is 0 Å². The maximum Gasteiger partial charge on any atom is -0.00442 e. The van der Waals surface area contributed by atoms with Gasteiger partial charge in [-0.25, -0.2) is 0 Å². The maximum atomic E-state index is 2.36. The highest BCUT2D eigenvalue weighted by Gasteiger charge is 2.10. The normalized spacial score (nSPS) is 25.9. The zero-order valence-corrected chi connectivity index (χ0v) is 8.11. The second-order valence-electron chi connectivity index (χ2n) is 3.94. The Labute approximate surface area is 80.3 Å². The third-order valence-electron chi connectivity index (χ3n) is 2.74. The fourth-order valence-electron chi connectivity index (χ4n) is 1.96. The summed E-state index contributed by atoms with van der Waals surface area (Å²) in [5.41, 5.74) is 1.42. The summed E-state index contributed by atoms with van der Waals surface area (Å²) in [5.74, 6) is 1.39. The largest absolute Gasteiger partial charge is 0.0776 e. The van der Waals surface area contributed by atoms with E-state index in [-0.39, 0.29) is 0 Å². The first-order valence-corrected chi connectivity index (χ1v) is 5.06. The van der Waals surface area contributed by atoms with Crippen LogP contribution >= 0.6 is 0 Å². The Morgan fingerprint density at radius 1 is 1.00 bits per heavy atom. The third-order valence-corrected chi connectivity index (χ3v) is 2.74. The van der Waals surface area contributed by atoms with Gasteiger partial charge in [0, 0.05) is 0 Å². The first kappa shape index (κ1) is 8.55. The molecular formula is C13H16. The molecule has 0 saturated carbocycles. The summed E-state index contributed by atoms with van der Waals surface area (Å²) < 4.78 is 0. The SMILES string of the molecule is CC1=CC(CCC2C=CC=C2)C=C1. The van der Waals surface area contributed by atoms with Crippen LogP contribution in [0.1, 0.15) is 19.8 Å². The molecule has 68 valence electrons. The average Bonchev–Trinajstić information content (AvgIpc) is 2.71. The molecule has 0 aliphatic heterocycles. The van der Waals surface area contributed by atoms with Crippen LogP contribution in [0.3, 0.4) is 0 Å². The molecule has 0 spiro atoms. The van der Waals surface area contributed by atoms with Crippen molar-refractivity contribution in [2.75, 3.05) is 0 Å². The smallest absolute Gasteiger partial charge is 0.00442 e. The lowest BCUT2D eigenvalue weighted by atomic mass is 9.97. The standard InChI is InChI=1S/C13H16/c1-11-6-7-13(10-11)9-8-12-4-2-3-5-12/h2-7,10,12-13H,8-9H2,1H3. The molecule has 0 aromatic rings. The summed E-state index contributed by atoms with van der Waals surface area (Å²) in [6.45, 7) is 2.17. The van der Waals surface area contributed by atoms with Crippen molar-refractivity contribution in [2.45, 2.75) is 19.8 Å². The van der Waals surface area contributed by atoms with E-state index in [2.05, 4.69) is 49.5 Å². The quantitative estimate of drug-likeness (QED) is 0.609. The predicted octanol–water partition coefficient (Wildman–Crippen LogP) is 3.64. The van der Waals surface area contributed by atoms with Gasteiger partial charge in [-0.15, -0.1) is 0 Å². The highest BCUT2D eigenvalue weighted by Crippen LogP contribution is 2.24. The Bertz CT molecular complexity index is 277. The monoisotopic (exact) mass is 172 g/mol. The van der Waals surface area contributed by atoms with E-state index in [1.54, 1.807) is 0 Å². The fourth-order valence-corrected chi connectivity index (χ4v) is 1.96. The van der Waals surface area contributed by atoms with E-state index >= 15 is 0 Å². The highest BCUT2D eigenvalue weighted by molar-refractivity contribution is 5.27. The zero-order chi connectivity index (χ0) is 9.10. The van der Waals surface area contributed by atoms with E-state index in [9.17, 15) is 0 Å². The van der Waals surface area contributed by atoms with Crippen molar-refractivity contribution < 1.29 is 0 Å². The van der Waals surface area contributed by atoms with Gasteiger partial charge in [0.1, 0.15) is 0 Å². The van der Waals surface area contributed by atoms with Crippen LogP contribution in [-0.4, -0.2) is 0 Å². The summed E-state index contributed by atoms with van der Waals surface area (Å²) in [5, 5.41) is 0. The molecule has 0 aromatic carbocycles. The molecular weight excluding hydrogens is 156 g/mol. The molecule has 0 saturated heterocycles. The molecule has 1 atom stereocenters. The number of hydrogen-bond acceptors (Lipinski definition) is 0. The lowest BCUT2D eigenvalue weighted by molar-refractivity contribution is 0.603. The molecule has 2 aliphatic rings. The van der Waals surface area contributed by atoms with Gasteiger partial charge in [0.15, 0.2) is 0 Å². The number of hydrogen-bond donors (Lipinski definition) is 0. The molecule has 0 heteroatoms. The maximum absolute atomic E-state index is 2.36. The molecule has 2 rings (SSSR count). The van der Waals surface area contributed by atoms with Crippen LogP contribution in [0, 0.1) is 11.8 Å². The Morgan fingerprint density at radius 2 is 1.69 bits per heavy atom. The molecule has 1 unspecified atom stereocenters. The fraction of sp³-hybridized carbons (Fsp3) is 0.385. The Kier molecular flexibility index (Phi) is 2.49. The lowest BCUT2D eigenvalue weighted by Gasteiger charge is -2.07. The van der Waals surface area contributed by atoms with E-state index in [4.69, 9.17) is 0 Å². The van der Waals surface area contributed by atoms with Crippen LogP contribution in [0.5, 0.6) is 0 Å². The predicted molar refractivity (Wildman–Crippen MR) is 57.4 cm³/mol. The van der Waals surface area contributed by atoms with E-state index in [0.29, 0.717) is 11.8 Å². The summed E-state index contributed by atoms with van der Waals surface area (Å²) in [7, 11) is 0. The zero-order valence-electron chi connectivity index (χ0n) is 8.11. The van der Waals surface area contributed by atoms with Gasteiger partial charge in [0.05, 0.1) is 0 Å². The van der Waals surface area contributed by atoms with Crippen LogP contribution in [-0.2, 0) is 0 Å². The summed E-state index contributed by atoms with van der Waals surface area (Å²) in [6, 6.07) is 0. The molecule has 0 nitrogen and oxygen atoms in total. The van der Waals surface area contributed by atoms with Crippen molar-refractivity contribution in [1.82, 2.24) is 0 Å². The van der Waals surface area contributed by atoms with Crippen LogP contribution in [0.25, 0.3) is 0 Å². The Morgan fingerprint density at radius 3 is 2.31 bits per heavy atom. The van der Waals surface area contributed by atoms with E-state index in [1.807, 2.05) is 0 Å². The summed E-state index contributed by atoms with van der Waals surface area (Å²) >= 11 is 0. The van der Waals surface area contributed by atoms with Crippen molar-refractivity contribution in [3.8, 4) is 0 Å². The molecule has 2 aliphatic carbocycles. The summed E-state index contributed by atoms with van der Waals surface area (Å²) in [4.78, 5) is 0. The van der Waals surface area contributed by atoms with Crippen molar-refractivity contribution in [3.63, 3.8) is 0 Å². The van der Waals surface area contributed by atoms with Gasteiger partial charge < -0.3 is 0 Å². The van der Waals surface area contributed by atoms with E-state index in [0.717, 1.165) is 0 Å². The molecule has 0 fully saturated rings. The third kappa shape index (κ3) is 2.21. The minimum absolute atomic E-state index is 0.697. The molecule has 0 radical (unpaired) electrons. The molecule has 13 heavy (non-hydrogen) atoms. The number of allylic oxidation sites excluding steroid dienone is 8. The van der Waals surface area contributed by atoms with Crippen LogP contribution < -0.4 is 0 Å². The second kappa shape index (κ2) is 3.78. The molecule has 0 amide bonds. The Hall–Kier alpha value is -1.04.